The fraction of sp³-hybridized carbons (Fsp3) is 0.235. The molecule has 0 aliphatic rings. The highest BCUT2D eigenvalue weighted by molar-refractivity contribution is 5.94. The van der Waals surface area contributed by atoms with Gasteiger partial charge in [-0.3, -0.25) is 4.79 Å². The Kier molecular flexibility index (Phi) is 4.95. The van der Waals surface area contributed by atoms with Crippen molar-refractivity contribution in [2.45, 2.75) is 13.1 Å². The Morgan fingerprint density at radius 3 is 2.29 bits per heavy atom. The maximum Gasteiger partial charge on any atom is 0.253 e. The Balaban J connectivity index is 2.11. The van der Waals surface area contributed by atoms with E-state index >= 15 is 0 Å². The van der Waals surface area contributed by atoms with E-state index in [1.807, 2.05) is 24.3 Å². The molecule has 0 saturated carbocycles. The van der Waals surface area contributed by atoms with Gasteiger partial charge in [-0.1, -0.05) is 24.3 Å². The number of hydrogen-bond acceptors (Lipinski definition) is 3. The van der Waals surface area contributed by atoms with Gasteiger partial charge in [0.2, 0.25) is 0 Å². The summed E-state index contributed by atoms with van der Waals surface area (Å²) in [6.45, 7) is 1.01. The summed E-state index contributed by atoms with van der Waals surface area (Å²) in [6, 6.07) is 15.0. The molecule has 4 heteroatoms. The smallest absolute Gasteiger partial charge is 0.253 e. The van der Waals surface area contributed by atoms with Crippen molar-refractivity contribution in [1.82, 2.24) is 4.90 Å². The van der Waals surface area contributed by atoms with Gasteiger partial charge in [0.05, 0.1) is 7.11 Å². The molecule has 0 bridgehead atoms. The molecule has 0 spiro atoms. The van der Waals surface area contributed by atoms with E-state index in [1.54, 1.807) is 43.3 Å². The van der Waals surface area contributed by atoms with Crippen LogP contribution in [0.1, 0.15) is 21.5 Å². The van der Waals surface area contributed by atoms with Gasteiger partial charge in [0.25, 0.3) is 5.91 Å². The minimum absolute atomic E-state index is 0.0236. The summed E-state index contributed by atoms with van der Waals surface area (Å²) in [7, 11) is 3.40. The van der Waals surface area contributed by atoms with E-state index in [2.05, 4.69) is 0 Å². The number of carbonyl (C=O) groups is 1. The quantitative estimate of drug-likeness (QED) is 0.917. The van der Waals surface area contributed by atoms with Gasteiger partial charge >= 0.3 is 0 Å². The van der Waals surface area contributed by atoms with Gasteiger partial charge in [-0.2, -0.15) is 0 Å². The summed E-state index contributed by atoms with van der Waals surface area (Å²) in [5.74, 6) is 0.715. The van der Waals surface area contributed by atoms with E-state index in [-0.39, 0.29) is 5.91 Å². The lowest BCUT2D eigenvalue weighted by atomic mass is 10.1. The first-order chi connectivity index (χ1) is 10.2. The highest BCUT2D eigenvalue weighted by Gasteiger charge is 2.13. The first-order valence-corrected chi connectivity index (χ1v) is 6.82. The van der Waals surface area contributed by atoms with Gasteiger partial charge in [-0.25, -0.2) is 0 Å². The first-order valence-electron chi connectivity index (χ1n) is 6.82. The van der Waals surface area contributed by atoms with Gasteiger partial charge in [0.15, 0.2) is 0 Å². The highest BCUT2D eigenvalue weighted by Crippen LogP contribution is 2.15. The molecule has 4 nitrogen and oxygen atoms in total. The minimum Gasteiger partial charge on any atom is -0.497 e. The summed E-state index contributed by atoms with van der Waals surface area (Å²) in [5, 5.41) is 0. The number of benzene rings is 2. The van der Waals surface area contributed by atoms with Crippen molar-refractivity contribution in [1.29, 1.82) is 0 Å². The Hall–Kier alpha value is -2.33. The van der Waals surface area contributed by atoms with Gasteiger partial charge < -0.3 is 15.4 Å². The van der Waals surface area contributed by atoms with Crippen molar-refractivity contribution in [2.24, 2.45) is 5.73 Å². The maximum atomic E-state index is 12.4. The van der Waals surface area contributed by atoms with Gasteiger partial charge in [0, 0.05) is 25.7 Å². The molecule has 2 aromatic carbocycles. The third-order valence-electron chi connectivity index (χ3n) is 3.43. The van der Waals surface area contributed by atoms with Crippen molar-refractivity contribution < 1.29 is 9.53 Å². The van der Waals surface area contributed by atoms with Crippen LogP contribution in [0.5, 0.6) is 5.75 Å². The fourth-order valence-corrected chi connectivity index (χ4v) is 2.19. The van der Waals surface area contributed by atoms with Crippen molar-refractivity contribution in [3.8, 4) is 5.75 Å². The largest absolute Gasteiger partial charge is 0.497 e. The summed E-state index contributed by atoms with van der Waals surface area (Å²) in [5.41, 5.74) is 8.51. The number of carbonyl (C=O) groups excluding carboxylic acids is 1. The molecule has 0 heterocycles. The number of nitrogens with zero attached hydrogens (tertiary/aromatic N) is 1. The number of hydrogen-bond donors (Lipinski definition) is 1. The molecule has 110 valence electrons. The minimum atomic E-state index is -0.0236. The molecule has 21 heavy (non-hydrogen) atoms. The van der Waals surface area contributed by atoms with Crippen LogP contribution in [0.4, 0.5) is 0 Å². The van der Waals surface area contributed by atoms with Crippen molar-refractivity contribution >= 4 is 5.91 Å². The van der Waals surface area contributed by atoms with Crippen LogP contribution in [0.15, 0.2) is 48.5 Å². The van der Waals surface area contributed by atoms with Crippen LogP contribution in [-0.4, -0.2) is 25.0 Å². The highest BCUT2D eigenvalue weighted by atomic mass is 16.5. The number of ether oxygens (including phenoxy) is 1. The topological polar surface area (TPSA) is 55.6 Å². The molecule has 0 fully saturated rings. The first kappa shape index (κ1) is 15.1. The zero-order valence-corrected chi connectivity index (χ0v) is 12.4. The van der Waals surface area contributed by atoms with Crippen LogP contribution in [-0.2, 0) is 13.1 Å². The van der Waals surface area contributed by atoms with E-state index < -0.39 is 0 Å². The summed E-state index contributed by atoms with van der Waals surface area (Å²) >= 11 is 0. The van der Waals surface area contributed by atoms with Crippen LogP contribution >= 0.6 is 0 Å². The Morgan fingerprint density at radius 1 is 1.10 bits per heavy atom. The average Bonchev–Trinajstić information content (AvgIpc) is 2.54. The van der Waals surface area contributed by atoms with E-state index in [9.17, 15) is 4.79 Å². The normalized spacial score (nSPS) is 10.2. The molecule has 0 unspecified atom stereocenters. The Bertz CT molecular complexity index is 608. The standard InChI is InChI=1S/C17H20N2O2/c1-19(12-15-6-4-3-5-14(15)11-18)17(20)13-7-9-16(21-2)10-8-13/h3-10H,11-12,18H2,1-2H3. The molecule has 1 amide bonds. The number of rotatable bonds is 5. The zero-order chi connectivity index (χ0) is 15.2. The second-order valence-corrected chi connectivity index (χ2v) is 4.86. The van der Waals surface area contributed by atoms with Crippen LogP contribution in [0.3, 0.4) is 0 Å². The summed E-state index contributed by atoms with van der Waals surface area (Å²) in [4.78, 5) is 14.1. The van der Waals surface area contributed by atoms with E-state index in [0.29, 0.717) is 18.7 Å². The summed E-state index contributed by atoms with van der Waals surface area (Å²) < 4.78 is 5.10. The Morgan fingerprint density at radius 2 is 1.71 bits per heavy atom. The SMILES string of the molecule is COc1ccc(C(=O)N(C)Cc2ccccc2CN)cc1. The van der Waals surface area contributed by atoms with Crippen LogP contribution < -0.4 is 10.5 Å². The van der Waals surface area contributed by atoms with Crippen molar-refractivity contribution in [2.75, 3.05) is 14.2 Å². The molecule has 2 N–H and O–H groups in total. The molecule has 2 rings (SSSR count). The van der Waals surface area contributed by atoms with Gasteiger partial charge in [-0.05, 0) is 35.4 Å². The van der Waals surface area contributed by atoms with Gasteiger partial charge in [-0.15, -0.1) is 0 Å². The molecular formula is C17H20N2O2. The number of methoxy groups -OCH3 is 1. The van der Waals surface area contributed by atoms with Crippen LogP contribution in [0, 0.1) is 0 Å². The molecule has 0 saturated heterocycles. The molecule has 0 aromatic heterocycles. The van der Waals surface area contributed by atoms with E-state index in [4.69, 9.17) is 10.5 Å². The lowest BCUT2D eigenvalue weighted by molar-refractivity contribution is 0.0785. The third-order valence-corrected chi connectivity index (χ3v) is 3.43. The maximum absolute atomic E-state index is 12.4. The summed E-state index contributed by atoms with van der Waals surface area (Å²) in [6.07, 6.45) is 0. The van der Waals surface area contributed by atoms with Gasteiger partial charge in [0.1, 0.15) is 5.75 Å². The van der Waals surface area contributed by atoms with Crippen LogP contribution in [0.2, 0.25) is 0 Å². The molecule has 2 aromatic rings. The Labute approximate surface area is 125 Å². The molecule has 0 aliphatic carbocycles. The van der Waals surface area contributed by atoms with E-state index in [0.717, 1.165) is 16.9 Å². The molecule has 0 radical (unpaired) electrons. The lowest BCUT2D eigenvalue weighted by Gasteiger charge is -2.19. The monoisotopic (exact) mass is 284 g/mol. The predicted octanol–water partition coefficient (Wildman–Crippen LogP) is 2.43. The zero-order valence-electron chi connectivity index (χ0n) is 12.4. The second kappa shape index (κ2) is 6.90. The van der Waals surface area contributed by atoms with Crippen LogP contribution in [0.25, 0.3) is 0 Å². The fourth-order valence-electron chi connectivity index (χ4n) is 2.19. The average molecular weight is 284 g/mol. The van der Waals surface area contributed by atoms with Crippen molar-refractivity contribution in [3.63, 3.8) is 0 Å². The number of nitrogens with two attached hydrogens (primary N) is 1. The third kappa shape index (κ3) is 3.61. The lowest BCUT2D eigenvalue weighted by Crippen LogP contribution is -2.26. The molecule has 0 atom stereocenters. The predicted molar refractivity (Wildman–Crippen MR) is 83.1 cm³/mol. The molecule has 0 aliphatic heterocycles. The second-order valence-electron chi connectivity index (χ2n) is 4.86. The van der Waals surface area contributed by atoms with Crippen molar-refractivity contribution in [3.05, 3.63) is 65.2 Å². The van der Waals surface area contributed by atoms with E-state index in [1.165, 1.54) is 0 Å². The molecular weight excluding hydrogens is 264 g/mol. The number of amides is 1.